The van der Waals surface area contributed by atoms with Crippen molar-refractivity contribution in [3.63, 3.8) is 0 Å². The summed E-state index contributed by atoms with van der Waals surface area (Å²) in [5.41, 5.74) is 1.50. The van der Waals surface area contributed by atoms with Crippen LogP contribution in [0, 0.1) is 0 Å². The summed E-state index contributed by atoms with van der Waals surface area (Å²) in [5.74, 6) is 0.403. The Morgan fingerprint density at radius 1 is 1.53 bits per heavy atom. The molecule has 0 aliphatic carbocycles. The zero-order valence-corrected chi connectivity index (χ0v) is 12.2. The minimum absolute atomic E-state index is 0.0546. The number of carbonyl (C=O) groups excluding carboxylic acids is 1. The van der Waals surface area contributed by atoms with E-state index in [2.05, 4.69) is 15.6 Å². The molecule has 0 bridgehead atoms. The van der Waals surface area contributed by atoms with Gasteiger partial charge < -0.3 is 10.6 Å². The maximum Gasteiger partial charge on any atom is 0.253 e. The van der Waals surface area contributed by atoms with Gasteiger partial charge in [0.15, 0.2) is 0 Å². The van der Waals surface area contributed by atoms with E-state index in [0.29, 0.717) is 16.4 Å². The second-order valence-electron chi connectivity index (χ2n) is 4.05. The summed E-state index contributed by atoms with van der Waals surface area (Å²) in [6.45, 7) is 1.94. The first-order valence-corrected chi connectivity index (χ1v) is 7.10. The van der Waals surface area contributed by atoms with Crippen LogP contribution in [0.3, 0.4) is 0 Å². The molecular formula is C13H14ClN3OS. The molecule has 0 aromatic carbocycles. The van der Waals surface area contributed by atoms with E-state index in [1.54, 1.807) is 24.5 Å². The van der Waals surface area contributed by atoms with Crippen LogP contribution < -0.4 is 10.6 Å². The molecule has 6 heteroatoms. The zero-order chi connectivity index (χ0) is 13.8. The molecule has 100 valence electrons. The molecule has 1 unspecified atom stereocenters. The minimum Gasteiger partial charge on any atom is -0.373 e. The highest BCUT2D eigenvalue weighted by Gasteiger charge is 2.15. The van der Waals surface area contributed by atoms with Gasteiger partial charge in [-0.1, -0.05) is 11.6 Å². The van der Waals surface area contributed by atoms with Gasteiger partial charge >= 0.3 is 0 Å². The summed E-state index contributed by atoms with van der Waals surface area (Å²) in [5, 5.41) is 10.1. The number of nitrogens with zero attached hydrogens (tertiary/aromatic N) is 1. The van der Waals surface area contributed by atoms with E-state index >= 15 is 0 Å². The van der Waals surface area contributed by atoms with Crippen molar-refractivity contribution in [2.75, 3.05) is 12.4 Å². The fourth-order valence-corrected chi connectivity index (χ4v) is 2.57. The minimum atomic E-state index is -0.206. The third-order valence-electron chi connectivity index (χ3n) is 2.75. The van der Waals surface area contributed by atoms with Crippen molar-refractivity contribution in [3.05, 3.63) is 45.2 Å². The molecule has 0 saturated carbocycles. The molecule has 2 rings (SSSR count). The van der Waals surface area contributed by atoms with Gasteiger partial charge in [-0.15, -0.1) is 0 Å². The van der Waals surface area contributed by atoms with Crippen LogP contribution in [0.4, 0.5) is 5.82 Å². The summed E-state index contributed by atoms with van der Waals surface area (Å²) in [7, 11) is 1.74. The topological polar surface area (TPSA) is 54.0 Å². The van der Waals surface area contributed by atoms with Crippen molar-refractivity contribution >= 4 is 34.7 Å². The Labute approximate surface area is 120 Å². The van der Waals surface area contributed by atoms with Crippen molar-refractivity contribution < 1.29 is 4.79 Å². The van der Waals surface area contributed by atoms with E-state index in [-0.39, 0.29) is 11.9 Å². The molecule has 19 heavy (non-hydrogen) atoms. The molecule has 2 heterocycles. The van der Waals surface area contributed by atoms with Gasteiger partial charge in [0, 0.05) is 13.2 Å². The van der Waals surface area contributed by atoms with Gasteiger partial charge in [0.2, 0.25) is 0 Å². The molecule has 0 saturated heterocycles. The van der Waals surface area contributed by atoms with Gasteiger partial charge in [0.25, 0.3) is 5.91 Å². The highest BCUT2D eigenvalue weighted by atomic mass is 35.5. The zero-order valence-electron chi connectivity index (χ0n) is 10.6. The number of pyridine rings is 1. The van der Waals surface area contributed by atoms with Crippen LogP contribution in [0.15, 0.2) is 29.1 Å². The number of halogens is 1. The fourth-order valence-electron chi connectivity index (χ4n) is 1.63. The van der Waals surface area contributed by atoms with Gasteiger partial charge in [-0.3, -0.25) is 4.79 Å². The monoisotopic (exact) mass is 295 g/mol. The van der Waals surface area contributed by atoms with Crippen LogP contribution in [0.1, 0.15) is 28.9 Å². The summed E-state index contributed by atoms with van der Waals surface area (Å²) in [4.78, 5) is 16.2. The average molecular weight is 296 g/mol. The van der Waals surface area contributed by atoms with E-state index in [1.807, 2.05) is 23.8 Å². The third-order valence-corrected chi connectivity index (χ3v) is 3.75. The highest BCUT2D eigenvalue weighted by molar-refractivity contribution is 7.07. The van der Waals surface area contributed by atoms with Gasteiger partial charge in [-0.2, -0.15) is 11.3 Å². The molecule has 4 nitrogen and oxygen atoms in total. The predicted molar refractivity (Wildman–Crippen MR) is 79.0 cm³/mol. The summed E-state index contributed by atoms with van der Waals surface area (Å²) in [6, 6.07) is 3.57. The molecule has 2 N–H and O–H groups in total. The second kappa shape index (κ2) is 6.04. The number of hydrogen-bond acceptors (Lipinski definition) is 4. The van der Waals surface area contributed by atoms with Crippen molar-refractivity contribution in [3.8, 4) is 0 Å². The Bertz CT molecular complexity index is 571. The first-order valence-electron chi connectivity index (χ1n) is 5.78. The van der Waals surface area contributed by atoms with Crippen molar-refractivity contribution in [2.24, 2.45) is 0 Å². The van der Waals surface area contributed by atoms with Crippen LogP contribution in [-0.4, -0.2) is 17.9 Å². The Balaban J connectivity index is 2.16. The maximum absolute atomic E-state index is 12.2. The smallest absolute Gasteiger partial charge is 0.253 e. The molecule has 1 atom stereocenters. The Kier molecular flexibility index (Phi) is 4.39. The molecule has 0 aliphatic heterocycles. The van der Waals surface area contributed by atoms with Crippen molar-refractivity contribution in [2.45, 2.75) is 13.0 Å². The lowest BCUT2D eigenvalue weighted by atomic mass is 10.1. The summed E-state index contributed by atoms with van der Waals surface area (Å²) >= 11 is 7.61. The maximum atomic E-state index is 12.2. The first kappa shape index (κ1) is 13.8. The quantitative estimate of drug-likeness (QED) is 0.910. The van der Waals surface area contributed by atoms with Crippen LogP contribution >= 0.6 is 22.9 Å². The summed E-state index contributed by atoms with van der Waals surface area (Å²) in [6.07, 6.45) is 1.47. The Morgan fingerprint density at radius 3 is 2.95 bits per heavy atom. The lowest BCUT2D eigenvalue weighted by Crippen LogP contribution is -2.26. The number of aromatic nitrogens is 1. The SMILES string of the molecule is CNc1cc(C(=O)NC(C)c2ccsc2)c(Cl)cn1. The lowest BCUT2D eigenvalue weighted by molar-refractivity contribution is 0.0940. The molecule has 2 aromatic heterocycles. The molecular weight excluding hydrogens is 282 g/mol. The molecule has 0 radical (unpaired) electrons. The molecule has 2 aromatic rings. The predicted octanol–water partition coefficient (Wildman–Crippen LogP) is 3.33. The summed E-state index contributed by atoms with van der Waals surface area (Å²) < 4.78 is 0. The molecule has 0 aliphatic rings. The number of thiophene rings is 1. The van der Waals surface area contributed by atoms with Crippen LogP contribution in [0.25, 0.3) is 0 Å². The second-order valence-corrected chi connectivity index (χ2v) is 5.24. The Hall–Kier alpha value is -1.59. The number of rotatable bonds is 4. The van der Waals surface area contributed by atoms with Crippen LogP contribution in [0.5, 0.6) is 0 Å². The number of hydrogen-bond donors (Lipinski definition) is 2. The van der Waals surface area contributed by atoms with Gasteiger partial charge in [0.05, 0.1) is 16.6 Å². The number of amides is 1. The van der Waals surface area contributed by atoms with Gasteiger partial charge in [-0.05, 0) is 35.4 Å². The third kappa shape index (κ3) is 3.24. The molecule has 1 amide bonds. The molecule has 0 spiro atoms. The van der Waals surface area contributed by atoms with E-state index < -0.39 is 0 Å². The highest BCUT2D eigenvalue weighted by Crippen LogP contribution is 2.20. The number of carbonyl (C=O) groups is 1. The van der Waals surface area contributed by atoms with Crippen molar-refractivity contribution in [1.29, 1.82) is 0 Å². The van der Waals surface area contributed by atoms with Gasteiger partial charge in [-0.25, -0.2) is 4.98 Å². The average Bonchev–Trinajstić information content (AvgIpc) is 2.93. The van der Waals surface area contributed by atoms with Gasteiger partial charge in [0.1, 0.15) is 5.82 Å². The number of nitrogens with one attached hydrogen (secondary N) is 2. The molecule has 0 fully saturated rings. The first-order chi connectivity index (χ1) is 9.11. The Morgan fingerprint density at radius 2 is 2.32 bits per heavy atom. The normalized spacial score (nSPS) is 11.9. The van der Waals surface area contributed by atoms with E-state index in [0.717, 1.165) is 5.56 Å². The fraction of sp³-hybridized carbons (Fsp3) is 0.231. The van der Waals surface area contributed by atoms with E-state index in [4.69, 9.17) is 11.6 Å². The van der Waals surface area contributed by atoms with E-state index in [9.17, 15) is 4.79 Å². The van der Waals surface area contributed by atoms with Crippen LogP contribution in [0.2, 0.25) is 5.02 Å². The van der Waals surface area contributed by atoms with Crippen molar-refractivity contribution in [1.82, 2.24) is 10.3 Å². The standard InChI is InChI=1S/C13H14ClN3OS/c1-8(9-3-4-19-7-9)17-13(18)10-5-12(15-2)16-6-11(10)14/h3-8H,1-2H3,(H,15,16)(H,17,18). The lowest BCUT2D eigenvalue weighted by Gasteiger charge is -2.13. The number of anilines is 1. The van der Waals surface area contributed by atoms with Crippen LogP contribution in [-0.2, 0) is 0 Å². The van der Waals surface area contributed by atoms with E-state index in [1.165, 1.54) is 6.20 Å². The largest absolute Gasteiger partial charge is 0.373 e.